The average Bonchev–Trinajstić information content (AvgIpc) is 3.07. The lowest BCUT2D eigenvalue weighted by molar-refractivity contribution is 0.354. The van der Waals surface area contributed by atoms with Gasteiger partial charge in [-0.15, -0.1) is 0 Å². The van der Waals surface area contributed by atoms with Gasteiger partial charge in [-0.25, -0.2) is 4.99 Å². The van der Waals surface area contributed by atoms with Crippen LogP contribution in [0.4, 0.5) is 0 Å². The van der Waals surface area contributed by atoms with Gasteiger partial charge in [0.2, 0.25) is 0 Å². The van der Waals surface area contributed by atoms with Crippen molar-refractivity contribution in [1.29, 1.82) is 0 Å². The number of hydrogen-bond donors (Lipinski definition) is 2. The van der Waals surface area contributed by atoms with Crippen LogP contribution in [0.5, 0.6) is 11.5 Å². The van der Waals surface area contributed by atoms with E-state index in [1.165, 1.54) is 5.56 Å². The summed E-state index contributed by atoms with van der Waals surface area (Å²) >= 11 is 0. The molecule has 0 radical (unpaired) electrons. The molecule has 1 aromatic carbocycles. The van der Waals surface area contributed by atoms with Crippen molar-refractivity contribution in [3.63, 3.8) is 0 Å². The minimum absolute atomic E-state index is 0.568. The molecular formula is C19H29N5O2. The number of nitrogens with zero attached hydrogens (tertiary/aromatic N) is 3. The molecule has 0 saturated heterocycles. The minimum atomic E-state index is 0.568. The maximum Gasteiger partial charge on any atom is 0.191 e. The van der Waals surface area contributed by atoms with E-state index >= 15 is 0 Å². The van der Waals surface area contributed by atoms with Crippen molar-refractivity contribution in [2.75, 3.05) is 27.3 Å². The number of methoxy groups -OCH3 is 2. The summed E-state index contributed by atoms with van der Waals surface area (Å²) in [7, 11) is 5.21. The van der Waals surface area contributed by atoms with E-state index in [1.54, 1.807) is 14.2 Å². The summed E-state index contributed by atoms with van der Waals surface area (Å²) < 4.78 is 12.4. The zero-order valence-corrected chi connectivity index (χ0v) is 16.1. The van der Waals surface area contributed by atoms with Crippen molar-refractivity contribution in [3.8, 4) is 11.5 Å². The van der Waals surface area contributed by atoms with Gasteiger partial charge in [0.15, 0.2) is 17.5 Å². The summed E-state index contributed by atoms with van der Waals surface area (Å²) in [6.07, 6.45) is 5.98. The topological polar surface area (TPSA) is 72.7 Å². The Morgan fingerprint density at radius 2 is 1.96 bits per heavy atom. The SMILES string of the molecule is CCNC(=NCc1ccc(OC)c(OC)c1)NCCCc1cnn(C)c1. The van der Waals surface area contributed by atoms with Crippen LogP contribution in [0, 0.1) is 0 Å². The van der Waals surface area contributed by atoms with E-state index in [9.17, 15) is 0 Å². The number of ether oxygens (including phenoxy) is 2. The number of aromatic nitrogens is 2. The van der Waals surface area contributed by atoms with E-state index in [0.29, 0.717) is 6.54 Å². The van der Waals surface area contributed by atoms with Gasteiger partial charge in [0.05, 0.1) is 27.0 Å². The predicted molar refractivity (Wildman–Crippen MR) is 104 cm³/mol. The van der Waals surface area contributed by atoms with Crippen molar-refractivity contribution in [2.45, 2.75) is 26.3 Å². The van der Waals surface area contributed by atoms with Gasteiger partial charge < -0.3 is 20.1 Å². The molecule has 2 N–H and O–H groups in total. The van der Waals surface area contributed by atoms with E-state index in [0.717, 1.165) is 49.0 Å². The molecule has 0 atom stereocenters. The Balaban J connectivity index is 1.87. The predicted octanol–water partition coefficient (Wildman–Crippen LogP) is 2.13. The Morgan fingerprint density at radius 1 is 1.15 bits per heavy atom. The second kappa shape index (κ2) is 10.3. The summed E-state index contributed by atoms with van der Waals surface area (Å²) in [4.78, 5) is 4.64. The Bertz CT molecular complexity index is 712. The van der Waals surface area contributed by atoms with Gasteiger partial charge in [0, 0.05) is 26.3 Å². The van der Waals surface area contributed by atoms with Crippen molar-refractivity contribution in [2.24, 2.45) is 12.0 Å². The highest BCUT2D eigenvalue weighted by Crippen LogP contribution is 2.27. The molecule has 26 heavy (non-hydrogen) atoms. The van der Waals surface area contributed by atoms with Gasteiger partial charge in [-0.05, 0) is 43.0 Å². The lowest BCUT2D eigenvalue weighted by Gasteiger charge is -2.12. The molecule has 0 bridgehead atoms. The van der Waals surface area contributed by atoms with Crippen molar-refractivity contribution >= 4 is 5.96 Å². The summed E-state index contributed by atoms with van der Waals surface area (Å²) in [5.41, 5.74) is 2.32. The maximum absolute atomic E-state index is 5.34. The molecule has 0 unspecified atom stereocenters. The second-order valence-corrected chi connectivity index (χ2v) is 5.94. The number of hydrogen-bond acceptors (Lipinski definition) is 4. The molecule has 0 spiro atoms. The van der Waals surface area contributed by atoms with Crippen LogP contribution < -0.4 is 20.1 Å². The monoisotopic (exact) mass is 359 g/mol. The third-order valence-corrected chi connectivity index (χ3v) is 3.90. The highest BCUT2D eigenvalue weighted by Gasteiger charge is 2.05. The number of rotatable bonds is 9. The van der Waals surface area contributed by atoms with Crippen LogP contribution in [-0.4, -0.2) is 43.0 Å². The molecule has 0 saturated carbocycles. The van der Waals surface area contributed by atoms with Crippen molar-refractivity contribution in [3.05, 3.63) is 41.7 Å². The Hall–Kier alpha value is -2.70. The second-order valence-electron chi connectivity index (χ2n) is 5.94. The highest BCUT2D eigenvalue weighted by molar-refractivity contribution is 5.79. The summed E-state index contributed by atoms with van der Waals surface area (Å²) in [6.45, 7) is 4.30. The lowest BCUT2D eigenvalue weighted by atomic mass is 10.2. The molecular weight excluding hydrogens is 330 g/mol. The summed E-state index contributed by atoms with van der Waals surface area (Å²) in [5.74, 6) is 2.25. The molecule has 0 aliphatic rings. The largest absolute Gasteiger partial charge is 0.493 e. The fraction of sp³-hybridized carbons (Fsp3) is 0.474. The molecule has 7 nitrogen and oxygen atoms in total. The normalized spacial score (nSPS) is 11.3. The number of aliphatic imine (C=N–C) groups is 1. The van der Waals surface area contributed by atoms with E-state index < -0.39 is 0 Å². The Morgan fingerprint density at radius 3 is 2.62 bits per heavy atom. The molecule has 0 fully saturated rings. The van der Waals surface area contributed by atoms with Crippen LogP contribution in [-0.2, 0) is 20.0 Å². The first kappa shape index (κ1) is 19.6. The van der Waals surface area contributed by atoms with Crippen LogP contribution in [0.1, 0.15) is 24.5 Å². The molecule has 1 heterocycles. The molecule has 2 rings (SSSR count). The smallest absolute Gasteiger partial charge is 0.191 e. The van der Waals surface area contributed by atoms with Gasteiger partial charge in [-0.3, -0.25) is 4.68 Å². The molecule has 0 amide bonds. The minimum Gasteiger partial charge on any atom is -0.493 e. The highest BCUT2D eigenvalue weighted by atomic mass is 16.5. The van der Waals surface area contributed by atoms with Crippen LogP contribution in [0.2, 0.25) is 0 Å². The first-order valence-corrected chi connectivity index (χ1v) is 8.86. The van der Waals surface area contributed by atoms with Gasteiger partial charge in [0.1, 0.15) is 0 Å². The first-order valence-electron chi connectivity index (χ1n) is 8.86. The molecule has 7 heteroatoms. The zero-order chi connectivity index (χ0) is 18.8. The van der Waals surface area contributed by atoms with Gasteiger partial charge in [-0.1, -0.05) is 6.07 Å². The number of aryl methyl sites for hydroxylation is 2. The van der Waals surface area contributed by atoms with Gasteiger partial charge >= 0.3 is 0 Å². The molecule has 0 aliphatic carbocycles. The number of guanidine groups is 1. The standard InChI is InChI=1S/C19H29N5O2/c1-5-20-19(21-10-6-7-16-13-23-24(2)14-16)22-12-15-8-9-17(25-3)18(11-15)26-4/h8-9,11,13-14H,5-7,10,12H2,1-4H3,(H2,20,21,22). The average molecular weight is 359 g/mol. The zero-order valence-electron chi connectivity index (χ0n) is 16.1. The van der Waals surface area contributed by atoms with Crippen molar-refractivity contribution < 1.29 is 9.47 Å². The van der Waals surface area contributed by atoms with E-state index in [4.69, 9.17) is 9.47 Å². The van der Waals surface area contributed by atoms with E-state index in [-0.39, 0.29) is 0 Å². The molecule has 1 aromatic heterocycles. The molecule has 142 valence electrons. The fourth-order valence-corrected chi connectivity index (χ4v) is 2.59. The molecule has 0 aliphatic heterocycles. The van der Waals surface area contributed by atoms with E-state index in [2.05, 4.69) is 33.8 Å². The van der Waals surface area contributed by atoms with Crippen LogP contribution in [0.3, 0.4) is 0 Å². The lowest BCUT2D eigenvalue weighted by Crippen LogP contribution is -2.37. The van der Waals surface area contributed by atoms with Crippen LogP contribution >= 0.6 is 0 Å². The first-order chi connectivity index (χ1) is 12.7. The third kappa shape index (κ3) is 5.98. The quantitative estimate of drug-likeness (QED) is 0.408. The number of benzene rings is 1. The van der Waals surface area contributed by atoms with Crippen LogP contribution in [0.15, 0.2) is 35.6 Å². The fourth-order valence-electron chi connectivity index (χ4n) is 2.59. The van der Waals surface area contributed by atoms with Gasteiger partial charge in [0.25, 0.3) is 0 Å². The summed E-state index contributed by atoms with van der Waals surface area (Å²) in [6, 6.07) is 5.85. The Kier molecular flexibility index (Phi) is 7.79. The van der Waals surface area contributed by atoms with Crippen LogP contribution in [0.25, 0.3) is 0 Å². The maximum atomic E-state index is 5.34. The Labute approximate surface area is 155 Å². The number of nitrogens with one attached hydrogen (secondary N) is 2. The third-order valence-electron chi connectivity index (χ3n) is 3.90. The van der Waals surface area contributed by atoms with Crippen molar-refractivity contribution in [1.82, 2.24) is 20.4 Å². The molecule has 2 aromatic rings. The summed E-state index contributed by atoms with van der Waals surface area (Å²) in [5, 5.41) is 10.8. The van der Waals surface area contributed by atoms with E-state index in [1.807, 2.05) is 36.1 Å². The van der Waals surface area contributed by atoms with Gasteiger partial charge in [-0.2, -0.15) is 5.10 Å².